The Morgan fingerprint density at radius 1 is 1.89 bits per heavy atom. The SMILES string of the molecule is CON1CC=CSC1=O. The summed E-state index contributed by atoms with van der Waals surface area (Å²) in [5, 5.41) is 3.00. The van der Waals surface area contributed by atoms with Crippen LogP contribution >= 0.6 is 11.8 Å². The highest BCUT2D eigenvalue weighted by Gasteiger charge is 2.13. The van der Waals surface area contributed by atoms with E-state index in [0.29, 0.717) is 6.54 Å². The first kappa shape index (κ1) is 6.64. The van der Waals surface area contributed by atoms with E-state index in [2.05, 4.69) is 0 Å². The van der Waals surface area contributed by atoms with Crippen LogP contribution in [0, 0.1) is 0 Å². The van der Waals surface area contributed by atoms with Gasteiger partial charge in [0.25, 0.3) is 0 Å². The lowest BCUT2D eigenvalue weighted by Crippen LogP contribution is -2.27. The normalized spacial score (nSPS) is 18.8. The van der Waals surface area contributed by atoms with Gasteiger partial charge in [0.1, 0.15) is 0 Å². The van der Waals surface area contributed by atoms with Gasteiger partial charge in [-0.15, -0.1) is 0 Å². The van der Waals surface area contributed by atoms with Gasteiger partial charge in [0.15, 0.2) is 0 Å². The molecule has 1 heterocycles. The molecule has 3 nitrogen and oxygen atoms in total. The molecule has 0 aromatic rings. The van der Waals surface area contributed by atoms with Gasteiger partial charge in [0.2, 0.25) is 0 Å². The zero-order valence-electron chi connectivity index (χ0n) is 5.03. The number of carbonyl (C=O) groups is 1. The minimum atomic E-state index is -0.0556. The van der Waals surface area contributed by atoms with Crippen molar-refractivity contribution in [2.24, 2.45) is 0 Å². The number of carbonyl (C=O) groups excluding carboxylic acids is 1. The van der Waals surface area contributed by atoms with Gasteiger partial charge >= 0.3 is 5.24 Å². The average Bonchev–Trinajstić information content (AvgIpc) is 1.89. The lowest BCUT2D eigenvalue weighted by atomic mass is 10.6. The van der Waals surface area contributed by atoms with Crippen molar-refractivity contribution in [3.63, 3.8) is 0 Å². The fourth-order valence-corrected chi connectivity index (χ4v) is 1.09. The molecular formula is C5H7NO2S. The van der Waals surface area contributed by atoms with Crippen molar-refractivity contribution in [1.29, 1.82) is 0 Å². The Kier molecular flexibility index (Phi) is 2.13. The topological polar surface area (TPSA) is 29.5 Å². The molecule has 0 saturated carbocycles. The molecule has 0 aromatic carbocycles. The van der Waals surface area contributed by atoms with Gasteiger partial charge in [-0.3, -0.25) is 9.63 Å². The molecule has 50 valence electrons. The van der Waals surface area contributed by atoms with Crippen LogP contribution in [0.4, 0.5) is 4.79 Å². The van der Waals surface area contributed by atoms with Gasteiger partial charge in [-0.25, -0.2) is 5.06 Å². The van der Waals surface area contributed by atoms with Crippen LogP contribution < -0.4 is 0 Å². The van der Waals surface area contributed by atoms with E-state index in [1.807, 2.05) is 6.08 Å². The fourth-order valence-electron chi connectivity index (χ4n) is 0.527. The second kappa shape index (κ2) is 2.89. The Morgan fingerprint density at radius 2 is 2.67 bits per heavy atom. The first-order chi connectivity index (χ1) is 4.34. The summed E-state index contributed by atoms with van der Waals surface area (Å²) in [4.78, 5) is 15.5. The lowest BCUT2D eigenvalue weighted by molar-refractivity contribution is -0.0680. The zero-order chi connectivity index (χ0) is 6.69. The summed E-state index contributed by atoms with van der Waals surface area (Å²) in [6.45, 7) is 0.558. The van der Waals surface area contributed by atoms with Crippen molar-refractivity contribution >= 4 is 17.0 Å². The van der Waals surface area contributed by atoms with Gasteiger partial charge in [-0.1, -0.05) is 6.08 Å². The van der Waals surface area contributed by atoms with Crippen molar-refractivity contribution < 1.29 is 9.63 Å². The maximum absolute atomic E-state index is 10.7. The van der Waals surface area contributed by atoms with E-state index in [4.69, 9.17) is 4.84 Å². The Hall–Kier alpha value is -0.480. The van der Waals surface area contributed by atoms with E-state index in [9.17, 15) is 4.79 Å². The Bertz CT molecular complexity index is 146. The first-order valence-electron chi connectivity index (χ1n) is 2.52. The van der Waals surface area contributed by atoms with Crippen molar-refractivity contribution in [1.82, 2.24) is 5.06 Å². The lowest BCUT2D eigenvalue weighted by Gasteiger charge is -2.18. The highest BCUT2D eigenvalue weighted by molar-refractivity contribution is 8.16. The zero-order valence-corrected chi connectivity index (χ0v) is 5.85. The fraction of sp³-hybridized carbons (Fsp3) is 0.400. The predicted octanol–water partition coefficient (Wildman–Crippen LogP) is 1.23. The number of amides is 1. The van der Waals surface area contributed by atoms with Crippen LogP contribution in [0.5, 0.6) is 0 Å². The summed E-state index contributed by atoms with van der Waals surface area (Å²) in [7, 11) is 1.48. The maximum atomic E-state index is 10.7. The van der Waals surface area contributed by atoms with Crippen molar-refractivity contribution in [2.75, 3.05) is 13.7 Å². The number of hydroxylamine groups is 2. The highest BCUT2D eigenvalue weighted by Crippen LogP contribution is 2.14. The number of nitrogens with zero attached hydrogens (tertiary/aromatic N) is 1. The van der Waals surface area contributed by atoms with Gasteiger partial charge in [-0.05, 0) is 17.2 Å². The second-order valence-electron chi connectivity index (χ2n) is 1.50. The van der Waals surface area contributed by atoms with E-state index >= 15 is 0 Å². The predicted molar refractivity (Wildman–Crippen MR) is 35.8 cm³/mol. The Balaban J connectivity index is 2.53. The number of hydrogen-bond donors (Lipinski definition) is 0. The van der Waals surface area contributed by atoms with Crippen LogP contribution in [0.15, 0.2) is 11.5 Å². The molecule has 1 rings (SSSR count). The second-order valence-corrected chi connectivity index (χ2v) is 2.36. The monoisotopic (exact) mass is 145 g/mol. The smallest absolute Gasteiger partial charge is 0.273 e. The van der Waals surface area contributed by atoms with Crippen molar-refractivity contribution in [3.8, 4) is 0 Å². The van der Waals surface area contributed by atoms with Crippen LogP contribution in [-0.4, -0.2) is 24.0 Å². The number of rotatable bonds is 1. The summed E-state index contributed by atoms with van der Waals surface area (Å²) in [6.07, 6.45) is 1.87. The molecule has 0 unspecified atom stereocenters. The summed E-state index contributed by atoms with van der Waals surface area (Å²) in [5.41, 5.74) is 0. The number of thioether (sulfide) groups is 1. The Morgan fingerprint density at radius 3 is 3.11 bits per heavy atom. The molecule has 0 atom stereocenters. The molecule has 1 amide bonds. The molecule has 0 N–H and O–H groups in total. The molecule has 0 aromatic heterocycles. The highest BCUT2D eigenvalue weighted by atomic mass is 32.2. The van der Waals surface area contributed by atoms with Gasteiger partial charge in [0, 0.05) is 0 Å². The van der Waals surface area contributed by atoms with Crippen LogP contribution in [0.3, 0.4) is 0 Å². The average molecular weight is 145 g/mol. The molecular weight excluding hydrogens is 138 g/mol. The Labute approximate surface area is 57.6 Å². The molecule has 0 aliphatic carbocycles. The van der Waals surface area contributed by atoms with Gasteiger partial charge < -0.3 is 0 Å². The summed E-state index contributed by atoms with van der Waals surface area (Å²) >= 11 is 1.13. The van der Waals surface area contributed by atoms with E-state index < -0.39 is 0 Å². The minimum Gasteiger partial charge on any atom is -0.273 e. The molecule has 1 aliphatic heterocycles. The summed E-state index contributed by atoms with van der Waals surface area (Å²) in [6, 6.07) is 0. The largest absolute Gasteiger partial charge is 0.309 e. The molecule has 9 heavy (non-hydrogen) atoms. The van der Waals surface area contributed by atoms with E-state index in [0.717, 1.165) is 11.8 Å². The molecule has 0 fully saturated rings. The van der Waals surface area contributed by atoms with Gasteiger partial charge in [-0.2, -0.15) is 0 Å². The molecule has 0 bridgehead atoms. The maximum Gasteiger partial charge on any atom is 0.309 e. The third-order valence-corrected chi connectivity index (χ3v) is 1.69. The third-order valence-electron chi connectivity index (χ3n) is 0.960. The molecule has 0 saturated heterocycles. The van der Waals surface area contributed by atoms with Crippen LogP contribution in [0.2, 0.25) is 0 Å². The molecule has 0 spiro atoms. The van der Waals surface area contributed by atoms with Crippen LogP contribution in [0.25, 0.3) is 0 Å². The van der Waals surface area contributed by atoms with E-state index in [1.54, 1.807) is 5.41 Å². The minimum absolute atomic E-state index is 0.0556. The van der Waals surface area contributed by atoms with E-state index in [-0.39, 0.29) is 5.24 Å². The molecule has 1 aliphatic rings. The quantitative estimate of drug-likeness (QED) is 0.555. The van der Waals surface area contributed by atoms with Crippen LogP contribution in [-0.2, 0) is 4.84 Å². The van der Waals surface area contributed by atoms with Gasteiger partial charge in [0.05, 0.1) is 13.7 Å². The third kappa shape index (κ3) is 1.46. The standard InChI is InChI=1S/C5H7NO2S/c1-8-6-3-2-4-9-5(6)7/h2,4H,3H2,1H3. The van der Waals surface area contributed by atoms with Crippen molar-refractivity contribution in [2.45, 2.75) is 0 Å². The molecule has 4 heteroatoms. The van der Waals surface area contributed by atoms with Crippen LogP contribution in [0.1, 0.15) is 0 Å². The van der Waals surface area contributed by atoms with E-state index in [1.165, 1.54) is 12.2 Å². The summed E-state index contributed by atoms with van der Waals surface area (Å²) in [5.74, 6) is 0. The first-order valence-corrected chi connectivity index (χ1v) is 3.40. The number of hydrogen-bond acceptors (Lipinski definition) is 3. The summed E-state index contributed by atoms with van der Waals surface area (Å²) < 4.78 is 0. The van der Waals surface area contributed by atoms with Crippen molar-refractivity contribution in [3.05, 3.63) is 11.5 Å². The molecule has 0 radical (unpaired) electrons.